The standard InChI is InChI=1S/C20H27F2N3O3/c1-5-7-8-11-23-18-15(6-2)24-17(19(25-18)27-4)14-10-9-13(28-20(21)22)12-16(14)26-3/h9-10,12,20H,5-8,11H2,1-4H3,(H,23,25). The van der Waals surface area contributed by atoms with Gasteiger partial charge in [0.1, 0.15) is 17.2 Å². The fraction of sp³-hybridized carbons (Fsp3) is 0.500. The van der Waals surface area contributed by atoms with Gasteiger partial charge in [-0.2, -0.15) is 13.8 Å². The van der Waals surface area contributed by atoms with Crippen LogP contribution in [0.1, 0.15) is 38.8 Å². The molecule has 0 saturated carbocycles. The monoisotopic (exact) mass is 395 g/mol. The summed E-state index contributed by atoms with van der Waals surface area (Å²) < 4.78 is 40.2. The first-order valence-electron chi connectivity index (χ1n) is 9.35. The van der Waals surface area contributed by atoms with Crippen molar-refractivity contribution in [2.75, 3.05) is 26.1 Å². The van der Waals surface area contributed by atoms with Crippen LogP contribution >= 0.6 is 0 Å². The highest BCUT2D eigenvalue weighted by molar-refractivity contribution is 5.73. The van der Waals surface area contributed by atoms with Gasteiger partial charge in [0.2, 0.25) is 5.88 Å². The maximum atomic E-state index is 12.5. The maximum Gasteiger partial charge on any atom is 0.387 e. The molecule has 154 valence electrons. The van der Waals surface area contributed by atoms with Gasteiger partial charge in [-0.3, -0.25) is 0 Å². The Morgan fingerprint density at radius 3 is 2.46 bits per heavy atom. The van der Waals surface area contributed by atoms with Crippen molar-refractivity contribution in [1.82, 2.24) is 9.97 Å². The average Bonchev–Trinajstić information content (AvgIpc) is 2.70. The molecule has 0 unspecified atom stereocenters. The van der Waals surface area contributed by atoms with Gasteiger partial charge < -0.3 is 19.5 Å². The molecule has 0 spiro atoms. The fourth-order valence-electron chi connectivity index (χ4n) is 2.79. The van der Waals surface area contributed by atoms with E-state index < -0.39 is 6.61 Å². The molecule has 0 aliphatic heterocycles. The molecule has 6 nitrogen and oxygen atoms in total. The molecule has 0 aliphatic carbocycles. The maximum absolute atomic E-state index is 12.5. The molecular formula is C20H27F2N3O3. The lowest BCUT2D eigenvalue weighted by atomic mass is 10.1. The van der Waals surface area contributed by atoms with Crippen LogP contribution in [0.15, 0.2) is 18.2 Å². The van der Waals surface area contributed by atoms with E-state index in [0.29, 0.717) is 35.1 Å². The molecule has 1 aromatic carbocycles. The number of aryl methyl sites for hydroxylation is 1. The van der Waals surface area contributed by atoms with Gasteiger partial charge in [-0.15, -0.1) is 0 Å². The van der Waals surface area contributed by atoms with Gasteiger partial charge in [0.05, 0.1) is 19.9 Å². The van der Waals surface area contributed by atoms with E-state index in [2.05, 4.69) is 22.0 Å². The first kappa shape index (κ1) is 21.7. The van der Waals surface area contributed by atoms with E-state index in [1.165, 1.54) is 26.4 Å². The van der Waals surface area contributed by atoms with Crippen LogP contribution in [-0.4, -0.2) is 37.3 Å². The smallest absolute Gasteiger partial charge is 0.387 e. The molecule has 1 N–H and O–H groups in total. The number of aromatic nitrogens is 2. The first-order chi connectivity index (χ1) is 13.5. The summed E-state index contributed by atoms with van der Waals surface area (Å²) in [5.74, 6) is 1.37. The lowest BCUT2D eigenvalue weighted by Crippen LogP contribution is -2.10. The fourth-order valence-corrected chi connectivity index (χ4v) is 2.79. The summed E-state index contributed by atoms with van der Waals surface area (Å²) in [6.07, 6.45) is 4.00. The molecule has 1 aromatic heterocycles. The van der Waals surface area contributed by atoms with Crippen LogP contribution in [0.4, 0.5) is 14.6 Å². The summed E-state index contributed by atoms with van der Waals surface area (Å²) in [6.45, 7) is 2.05. The molecule has 8 heteroatoms. The van der Waals surface area contributed by atoms with Crippen molar-refractivity contribution in [3.63, 3.8) is 0 Å². The number of benzene rings is 1. The Hall–Kier alpha value is -2.64. The minimum absolute atomic E-state index is 0.00690. The third-order valence-corrected chi connectivity index (χ3v) is 4.19. The molecule has 0 radical (unpaired) electrons. The number of anilines is 1. The van der Waals surface area contributed by atoms with E-state index in [0.717, 1.165) is 31.5 Å². The lowest BCUT2D eigenvalue weighted by Gasteiger charge is -2.16. The summed E-state index contributed by atoms with van der Waals surface area (Å²) in [5.41, 5.74) is 1.86. The third-order valence-electron chi connectivity index (χ3n) is 4.19. The average molecular weight is 395 g/mol. The van der Waals surface area contributed by atoms with Gasteiger partial charge in [0.15, 0.2) is 5.82 Å². The number of alkyl halides is 2. The van der Waals surface area contributed by atoms with E-state index in [1.54, 1.807) is 6.07 Å². The number of unbranched alkanes of at least 4 members (excludes halogenated alkanes) is 2. The lowest BCUT2D eigenvalue weighted by molar-refractivity contribution is -0.0499. The van der Waals surface area contributed by atoms with Crippen LogP contribution in [0.25, 0.3) is 11.3 Å². The third kappa shape index (κ3) is 5.43. The number of methoxy groups -OCH3 is 2. The van der Waals surface area contributed by atoms with Crippen molar-refractivity contribution < 1.29 is 23.0 Å². The summed E-state index contributed by atoms with van der Waals surface area (Å²) in [6, 6.07) is 4.44. The van der Waals surface area contributed by atoms with Crippen molar-refractivity contribution in [1.29, 1.82) is 0 Å². The molecule has 2 rings (SSSR count). The van der Waals surface area contributed by atoms with E-state index in [-0.39, 0.29) is 5.75 Å². The van der Waals surface area contributed by atoms with Gasteiger partial charge in [-0.05, 0) is 25.0 Å². The molecule has 0 bridgehead atoms. The normalized spacial score (nSPS) is 10.8. The Bertz CT molecular complexity index is 773. The van der Waals surface area contributed by atoms with Crippen LogP contribution in [0.5, 0.6) is 17.4 Å². The van der Waals surface area contributed by atoms with Crippen LogP contribution < -0.4 is 19.5 Å². The molecule has 0 aliphatic rings. The number of nitrogens with zero attached hydrogens (tertiary/aromatic N) is 2. The van der Waals surface area contributed by atoms with Crippen molar-refractivity contribution >= 4 is 5.82 Å². The molecule has 0 atom stereocenters. The van der Waals surface area contributed by atoms with Gasteiger partial charge in [0.25, 0.3) is 0 Å². The van der Waals surface area contributed by atoms with Crippen LogP contribution in [0.3, 0.4) is 0 Å². The Labute approximate surface area is 164 Å². The molecule has 0 fully saturated rings. The summed E-state index contributed by atoms with van der Waals surface area (Å²) in [4.78, 5) is 9.29. The van der Waals surface area contributed by atoms with Crippen molar-refractivity contribution in [2.45, 2.75) is 46.1 Å². The molecule has 1 heterocycles. The van der Waals surface area contributed by atoms with Crippen molar-refractivity contribution in [3.05, 3.63) is 23.9 Å². The predicted octanol–water partition coefficient (Wildman–Crippen LogP) is 4.93. The summed E-state index contributed by atoms with van der Waals surface area (Å²) in [5, 5.41) is 3.32. The summed E-state index contributed by atoms with van der Waals surface area (Å²) >= 11 is 0. The Balaban J connectivity index is 2.41. The number of nitrogens with one attached hydrogen (secondary N) is 1. The molecule has 0 amide bonds. The number of ether oxygens (including phenoxy) is 3. The molecule has 2 aromatic rings. The van der Waals surface area contributed by atoms with Gasteiger partial charge in [-0.25, -0.2) is 4.98 Å². The number of hydrogen-bond acceptors (Lipinski definition) is 6. The molecule has 28 heavy (non-hydrogen) atoms. The van der Waals surface area contributed by atoms with Gasteiger partial charge >= 0.3 is 6.61 Å². The van der Waals surface area contributed by atoms with Gasteiger partial charge in [0, 0.05) is 18.2 Å². The highest BCUT2D eigenvalue weighted by Crippen LogP contribution is 2.37. The van der Waals surface area contributed by atoms with E-state index >= 15 is 0 Å². The van der Waals surface area contributed by atoms with Crippen LogP contribution in [-0.2, 0) is 6.42 Å². The predicted molar refractivity (Wildman–Crippen MR) is 105 cm³/mol. The highest BCUT2D eigenvalue weighted by atomic mass is 19.3. The van der Waals surface area contributed by atoms with Crippen molar-refractivity contribution in [3.8, 4) is 28.6 Å². The zero-order valence-electron chi connectivity index (χ0n) is 16.7. The summed E-state index contributed by atoms with van der Waals surface area (Å²) in [7, 11) is 2.97. The van der Waals surface area contributed by atoms with Gasteiger partial charge in [-0.1, -0.05) is 26.7 Å². The Morgan fingerprint density at radius 1 is 1.07 bits per heavy atom. The number of hydrogen-bond donors (Lipinski definition) is 1. The highest BCUT2D eigenvalue weighted by Gasteiger charge is 2.19. The van der Waals surface area contributed by atoms with Crippen LogP contribution in [0, 0.1) is 0 Å². The number of rotatable bonds is 11. The Kier molecular flexibility index (Phi) is 8.22. The number of halogens is 2. The largest absolute Gasteiger partial charge is 0.496 e. The molecule has 0 saturated heterocycles. The van der Waals surface area contributed by atoms with Crippen molar-refractivity contribution in [2.24, 2.45) is 0 Å². The van der Waals surface area contributed by atoms with E-state index in [9.17, 15) is 8.78 Å². The second-order valence-corrected chi connectivity index (χ2v) is 6.10. The molecular weight excluding hydrogens is 368 g/mol. The van der Waals surface area contributed by atoms with E-state index in [4.69, 9.17) is 14.5 Å². The first-order valence-corrected chi connectivity index (χ1v) is 9.35. The quantitative estimate of drug-likeness (QED) is 0.545. The van der Waals surface area contributed by atoms with E-state index in [1.807, 2.05) is 6.92 Å². The topological polar surface area (TPSA) is 65.5 Å². The second kappa shape index (κ2) is 10.6. The minimum Gasteiger partial charge on any atom is -0.496 e. The minimum atomic E-state index is -2.91. The zero-order valence-corrected chi connectivity index (χ0v) is 16.7. The SMILES string of the molecule is CCCCCNc1nc(OC)c(-c2ccc(OC(F)F)cc2OC)nc1CC. The Morgan fingerprint density at radius 2 is 1.86 bits per heavy atom. The van der Waals surface area contributed by atoms with Crippen LogP contribution in [0.2, 0.25) is 0 Å². The zero-order chi connectivity index (χ0) is 20.5. The second-order valence-electron chi connectivity index (χ2n) is 6.10.